The second kappa shape index (κ2) is 5.21. The molecule has 0 spiro atoms. The average molecular weight is 230 g/mol. The van der Waals surface area contributed by atoms with E-state index in [1.54, 1.807) is 0 Å². The van der Waals surface area contributed by atoms with Crippen LogP contribution in [0.2, 0.25) is 0 Å². The molecular formula is C11H22N2OS. The van der Waals surface area contributed by atoms with E-state index in [1.165, 1.54) is 12.8 Å². The lowest BCUT2D eigenvalue weighted by atomic mass is 10.2. The molecule has 1 aliphatic rings. The van der Waals surface area contributed by atoms with Crippen LogP contribution >= 0.6 is 11.8 Å². The number of primary amides is 1. The Bertz CT molecular complexity index is 221. The van der Waals surface area contributed by atoms with Crippen molar-refractivity contribution in [1.29, 1.82) is 0 Å². The van der Waals surface area contributed by atoms with E-state index in [-0.39, 0.29) is 16.7 Å². The lowest BCUT2D eigenvalue weighted by Crippen LogP contribution is -2.42. The van der Waals surface area contributed by atoms with Gasteiger partial charge in [0.15, 0.2) is 0 Å². The normalized spacial score (nSPS) is 18.9. The second-order valence-electron chi connectivity index (χ2n) is 5.15. The first kappa shape index (κ1) is 12.8. The molecule has 1 rings (SSSR count). The maximum atomic E-state index is 11.2. The van der Waals surface area contributed by atoms with Gasteiger partial charge in [0.25, 0.3) is 0 Å². The van der Waals surface area contributed by atoms with Crippen LogP contribution in [0.5, 0.6) is 0 Å². The fraction of sp³-hybridized carbons (Fsp3) is 0.909. The number of nitrogens with one attached hydrogen (secondary N) is 1. The van der Waals surface area contributed by atoms with Crippen LogP contribution in [-0.2, 0) is 4.79 Å². The summed E-state index contributed by atoms with van der Waals surface area (Å²) in [5, 5.41) is 3.29. The van der Waals surface area contributed by atoms with Crippen molar-refractivity contribution in [3.63, 3.8) is 0 Å². The first-order valence-corrected chi connectivity index (χ1v) is 6.56. The van der Waals surface area contributed by atoms with Crippen molar-refractivity contribution < 1.29 is 4.79 Å². The molecule has 1 unspecified atom stereocenters. The highest BCUT2D eigenvalue weighted by Gasteiger charge is 2.27. The fourth-order valence-electron chi connectivity index (χ4n) is 1.33. The summed E-state index contributed by atoms with van der Waals surface area (Å²) < 4.78 is 0.266. The van der Waals surface area contributed by atoms with Crippen molar-refractivity contribution >= 4 is 17.7 Å². The maximum Gasteiger partial charge on any atom is 0.234 e. The average Bonchev–Trinajstić information content (AvgIpc) is 2.83. The molecule has 0 aromatic rings. The largest absolute Gasteiger partial charge is 0.368 e. The van der Waals surface area contributed by atoms with E-state index in [0.717, 1.165) is 12.2 Å². The molecule has 0 aromatic carbocycles. The summed E-state index contributed by atoms with van der Waals surface area (Å²) in [7, 11) is 0. The van der Waals surface area contributed by atoms with E-state index in [4.69, 9.17) is 5.73 Å². The van der Waals surface area contributed by atoms with Crippen molar-refractivity contribution in [2.24, 2.45) is 5.73 Å². The number of rotatable bonds is 6. The summed E-state index contributed by atoms with van der Waals surface area (Å²) in [5.74, 6) is 0.771. The number of hydrogen-bond acceptors (Lipinski definition) is 3. The Morgan fingerprint density at radius 2 is 2.13 bits per heavy atom. The zero-order valence-corrected chi connectivity index (χ0v) is 10.7. The zero-order valence-electron chi connectivity index (χ0n) is 9.88. The quantitative estimate of drug-likeness (QED) is 0.727. The van der Waals surface area contributed by atoms with Gasteiger partial charge in [-0.05, 0) is 25.0 Å². The monoisotopic (exact) mass is 230 g/mol. The Kier molecular flexibility index (Phi) is 4.46. The third kappa shape index (κ3) is 6.05. The summed E-state index contributed by atoms with van der Waals surface area (Å²) in [5.41, 5.74) is 5.35. The highest BCUT2D eigenvalue weighted by Crippen LogP contribution is 2.25. The van der Waals surface area contributed by atoms with Crippen LogP contribution in [0.15, 0.2) is 0 Å². The molecule has 3 N–H and O–H groups in total. The molecule has 1 saturated carbocycles. The molecule has 88 valence electrons. The minimum absolute atomic E-state index is 0.132. The van der Waals surface area contributed by atoms with E-state index in [9.17, 15) is 4.79 Å². The Hall–Kier alpha value is -0.220. The fourth-order valence-corrected chi connectivity index (χ4v) is 2.29. The van der Waals surface area contributed by atoms with Gasteiger partial charge >= 0.3 is 0 Å². The van der Waals surface area contributed by atoms with E-state index >= 15 is 0 Å². The van der Waals surface area contributed by atoms with Gasteiger partial charge in [-0.1, -0.05) is 20.8 Å². The Balaban J connectivity index is 2.22. The highest BCUT2D eigenvalue weighted by atomic mass is 32.2. The number of nitrogens with two attached hydrogens (primary N) is 1. The molecule has 1 fully saturated rings. The van der Waals surface area contributed by atoms with E-state index in [2.05, 4.69) is 26.1 Å². The summed E-state index contributed by atoms with van der Waals surface area (Å²) >= 11 is 1.88. The van der Waals surface area contributed by atoms with E-state index in [0.29, 0.717) is 6.04 Å². The first-order valence-electron chi connectivity index (χ1n) is 5.58. The van der Waals surface area contributed by atoms with E-state index < -0.39 is 0 Å². The molecule has 1 aliphatic carbocycles. The summed E-state index contributed by atoms with van der Waals surface area (Å²) in [4.78, 5) is 11.2. The number of carbonyl (C=O) groups excluding carboxylic acids is 1. The molecule has 0 aliphatic heterocycles. The standard InChI is InChI=1S/C11H22N2OS/c1-11(2,3)15-7-6-9(10(12)14)13-8-4-5-8/h8-9,13H,4-7H2,1-3H3,(H2,12,14). The highest BCUT2D eigenvalue weighted by molar-refractivity contribution is 8.00. The Labute approximate surface area is 96.6 Å². The third-order valence-electron chi connectivity index (χ3n) is 2.30. The zero-order chi connectivity index (χ0) is 11.5. The minimum Gasteiger partial charge on any atom is -0.368 e. The summed E-state index contributed by atoms with van der Waals surface area (Å²) in [6, 6.07) is 0.412. The number of amides is 1. The molecule has 15 heavy (non-hydrogen) atoms. The molecule has 0 aromatic heterocycles. The van der Waals surface area contributed by atoms with Gasteiger partial charge in [-0.15, -0.1) is 0 Å². The lowest BCUT2D eigenvalue weighted by Gasteiger charge is -2.20. The second-order valence-corrected chi connectivity index (χ2v) is 7.07. The topological polar surface area (TPSA) is 55.1 Å². The molecule has 1 atom stereocenters. The van der Waals surface area contributed by atoms with Gasteiger partial charge in [-0.2, -0.15) is 11.8 Å². The maximum absolute atomic E-state index is 11.2. The van der Waals surface area contributed by atoms with Crippen molar-refractivity contribution in [1.82, 2.24) is 5.32 Å². The van der Waals surface area contributed by atoms with Gasteiger partial charge in [0, 0.05) is 10.8 Å². The molecule has 0 radical (unpaired) electrons. The molecule has 4 heteroatoms. The van der Waals surface area contributed by atoms with Crippen LogP contribution in [0.1, 0.15) is 40.0 Å². The number of carbonyl (C=O) groups is 1. The molecule has 0 bridgehead atoms. The lowest BCUT2D eigenvalue weighted by molar-refractivity contribution is -0.120. The predicted octanol–water partition coefficient (Wildman–Crippen LogP) is 1.51. The van der Waals surface area contributed by atoms with E-state index in [1.807, 2.05) is 11.8 Å². The van der Waals surface area contributed by atoms with Gasteiger partial charge in [-0.3, -0.25) is 4.79 Å². The van der Waals surface area contributed by atoms with Crippen LogP contribution in [-0.4, -0.2) is 28.5 Å². The van der Waals surface area contributed by atoms with Crippen molar-refractivity contribution in [3.8, 4) is 0 Å². The van der Waals surface area contributed by atoms with Gasteiger partial charge in [0.05, 0.1) is 6.04 Å². The molecule has 0 saturated heterocycles. The van der Waals surface area contributed by atoms with Gasteiger partial charge in [-0.25, -0.2) is 0 Å². The molecule has 1 amide bonds. The van der Waals surface area contributed by atoms with Gasteiger partial charge in [0.2, 0.25) is 5.91 Å². The molecule has 0 heterocycles. The number of thioether (sulfide) groups is 1. The summed E-state index contributed by atoms with van der Waals surface area (Å²) in [6.07, 6.45) is 3.22. The molecular weight excluding hydrogens is 208 g/mol. The van der Waals surface area contributed by atoms with Gasteiger partial charge < -0.3 is 11.1 Å². The summed E-state index contributed by atoms with van der Waals surface area (Å²) in [6.45, 7) is 6.56. The van der Waals surface area contributed by atoms with Crippen LogP contribution in [0, 0.1) is 0 Å². The predicted molar refractivity (Wildman–Crippen MR) is 66.0 cm³/mol. The first-order chi connectivity index (χ1) is 6.88. The van der Waals surface area contributed by atoms with Crippen molar-refractivity contribution in [2.45, 2.75) is 56.9 Å². The van der Waals surface area contributed by atoms with Crippen molar-refractivity contribution in [2.75, 3.05) is 5.75 Å². The SMILES string of the molecule is CC(C)(C)SCCC(NC1CC1)C(N)=O. The third-order valence-corrected chi connectivity index (χ3v) is 3.61. The Morgan fingerprint density at radius 1 is 1.53 bits per heavy atom. The van der Waals surface area contributed by atoms with Crippen LogP contribution in [0.3, 0.4) is 0 Å². The number of hydrogen-bond donors (Lipinski definition) is 2. The van der Waals surface area contributed by atoms with Gasteiger partial charge in [0.1, 0.15) is 0 Å². The Morgan fingerprint density at radius 3 is 2.53 bits per heavy atom. The van der Waals surface area contributed by atoms with Crippen LogP contribution in [0.4, 0.5) is 0 Å². The van der Waals surface area contributed by atoms with Crippen LogP contribution < -0.4 is 11.1 Å². The minimum atomic E-state index is -0.212. The van der Waals surface area contributed by atoms with Crippen molar-refractivity contribution in [3.05, 3.63) is 0 Å². The smallest absolute Gasteiger partial charge is 0.234 e. The van der Waals surface area contributed by atoms with Crippen LogP contribution in [0.25, 0.3) is 0 Å². The molecule has 3 nitrogen and oxygen atoms in total.